The van der Waals surface area contributed by atoms with E-state index in [9.17, 15) is 24.3 Å². The molecule has 4 aliphatic rings. The van der Waals surface area contributed by atoms with Gasteiger partial charge in [-0.05, 0) is 78.8 Å². The number of ether oxygens (including phenoxy) is 1. The Balaban J connectivity index is 1.12. The lowest BCUT2D eigenvalue weighted by molar-refractivity contribution is -0.123. The van der Waals surface area contributed by atoms with E-state index in [-0.39, 0.29) is 63.9 Å². The molecule has 0 radical (unpaired) electrons. The SMILES string of the molecule is O=C(COc1ccccc1[C@H]1c2sc(=O)[nH]c2SC2C1[C@H]1C[C@@H]2C2C(=O)N(c3ccc(Cl)cc3)C(=O)C21)Nc1ccc(O)cc1. The average molecular weight is 660 g/mol. The maximum atomic E-state index is 14.0. The largest absolute Gasteiger partial charge is 0.508 e. The van der Waals surface area contributed by atoms with Crippen LogP contribution in [0.5, 0.6) is 11.5 Å². The number of rotatable bonds is 6. The fourth-order valence-corrected chi connectivity index (χ4v) is 11.0. The lowest BCUT2D eigenvalue weighted by Crippen LogP contribution is -2.42. The molecule has 3 N–H and O–H groups in total. The molecule has 4 unspecified atom stereocenters. The molecule has 3 heterocycles. The zero-order chi connectivity index (χ0) is 31.0. The van der Waals surface area contributed by atoms with Crippen LogP contribution >= 0.6 is 34.7 Å². The molecule has 4 aromatic rings. The van der Waals surface area contributed by atoms with Crippen molar-refractivity contribution in [3.63, 3.8) is 0 Å². The number of hydrogen-bond donors (Lipinski definition) is 3. The molecule has 2 saturated carbocycles. The highest BCUT2D eigenvalue weighted by Gasteiger charge is 2.69. The number of carbonyl (C=O) groups is 3. The number of halogens is 1. The molecule has 7 atom stereocenters. The predicted molar refractivity (Wildman–Crippen MR) is 171 cm³/mol. The number of phenolic OH excluding ortho intramolecular Hbond substituents is 1. The van der Waals surface area contributed by atoms with Crippen molar-refractivity contribution in [2.24, 2.45) is 29.6 Å². The Morgan fingerprint density at radius 1 is 0.978 bits per heavy atom. The van der Waals surface area contributed by atoms with Gasteiger partial charge in [-0.15, -0.1) is 11.8 Å². The van der Waals surface area contributed by atoms with Crippen LogP contribution in [0.3, 0.4) is 0 Å². The first-order chi connectivity index (χ1) is 21.8. The van der Waals surface area contributed by atoms with Gasteiger partial charge in [0.05, 0.1) is 22.5 Å². The first kappa shape index (κ1) is 28.4. The third-order valence-electron chi connectivity index (χ3n) is 9.57. The maximum Gasteiger partial charge on any atom is 0.305 e. The molecule has 228 valence electrons. The molecule has 12 heteroatoms. The molecule has 3 amide bonds. The van der Waals surface area contributed by atoms with Gasteiger partial charge in [-0.3, -0.25) is 24.1 Å². The molecule has 2 aliphatic carbocycles. The number of aromatic nitrogens is 1. The number of fused-ring (bicyclic) bond motifs is 9. The summed E-state index contributed by atoms with van der Waals surface area (Å²) in [7, 11) is 0. The second-order valence-electron chi connectivity index (χ2n) is 11.9. The second kappa shape index (κ2) is 10.8. The summed E-state index contributed by atoms with van der Waals surface area (Å²) in [5.74, 6) is -1.28. The second-order valence-corrected chi connectivity index (χ2v) is 14.5. The van der Waals surface area contributed by atoms with Crippen molar-refractivity contribution in [1.29, 1.82) is 0 Å². The van der Waals surface area contributed by atoms with Crippen molar-refractivity contribution in [1.82, 2.24) is 4.98 Å². The maximum absolute atomic E-state index is 14.0. The molecule has 9 nitrogen and oxygen atoms in total. The van der Waals surface area contributed by atoms with Crippen LogP contribution in [0.15, 0.2) is 82.6 Å². The van der Waals surface area contributed by atoms with Crippen LogP contribution in [0.2, 0.25) is 5.02 Å². The Bertz CT molecular complexity index is 1910. The fraction of sp³-hybridized carbons (Fsp3) is 0.273. The van der Waals surface area contributed by atoms with Crippen molar-refractivity contribution in [2.75, 3.05) is 16.8 Å². The first-order valence-corrected chi connectivity index (χ1v) is 16.7. The van der Waals surface area contributed by atoms with E-state index in [1.54, 1.807) is 48.2 Å². The van der Waals surface area contributed by atoms with Crippen molar-refractivity contribution >= 4 is 63.8 Å². The number of amides is 3. The lowest BCUT2D eigenvalue weighted by atomic mass is 9.68. The van der Waals surface area contributed by atoms with Gasteiger partial charge in [-0.2, -0.15) is 0 Å². The molecule has 2 aliphatic heterocycles. The van der Waals surface area contributed by atoms with E-state index >= 15 is 0 Å². The van der Waals surface area contributed by atoms with Crippen LogP contribution in [-0.4, -0.2) is 39.7 Å². The lowest BCUT2D eigenvalue weighted by Gasteiger charge is -2.43. The highest BCUT2D eigenvalue weighted by molar-refractivity contribution is 8.00. The van der Waals surface area contributed by atoms with Crippen LogP contribution in [0.4, 0.5) is 11.4 Å². The fourth-order valence-electron chi connectivity index (χ4n) is 7.96. The number of phenols is 1. The minimum atomic E-state index is -0.441. The summed E-state index contributed by atoms with van der Waals surface area (Å²) in [4.78, 5) is 58.4. The molecule has 2 bridgehead atoms. The van der Waals surface area contributed by atoms with E-state index in [4.69, 9.17) is 16.3 Å². The van der Waals surface area contributed by atoms with Crippen LogP contribution in [0, 0.1) is 29.6 Å². The average Bonchev–Trinajstić information content (AvgIpc) is 3.77. The van der Waals surface area contributed by atoms with Gasteiger partial charge in [-0.25, -0.2) is 0 Å². The molecule has 45 heavy (non-hydrogen) atoms. The van der Waals surface area contributed by atoms with E-state index in [1.807, 2.05) is 24.3 Å². The number of thioether (sulfide) groups is 1. The van der Waals surface area contributed by atoms with E-state index < -0.39 is 11.8 Å². The van der Waals surface area contributed by atoms with Crippen molar-refractivity contribution < 1.29 is 24.2 Å². The summed E-state index contributed by atoms with van der Waals surface area (Å²) in [6, 6.07) is 20.5. The van der Waals surface area contributed by atoms with Gasteiger partial charge in [0, 0.05) is 32.3 Å². The summed E-state index contributed by atoms with van der Waals surface area (Å²) < 4.78 is 6.12. The summed E-state index contributed by atoms with van der Waals surface area (Å²) in [6.45, 7) is -0.247. The molecule has 8 rings (SSSR count). The molecule has 0 spiro atoms. The number of nitrogens with one attached hydrogen (secondary N) is 2. The summed E-state index contributed by atoms with van der Waals surface area (Å²) in [6.07, 6.45) is 0.761. The standard InChI is InChI=1S/C33H26ClN3O6S2/c34-15-5-9-17(10-6-15)37-31(40)26-20-13-21(27(26)32(37)41)28-25(20)24(29-30(44-28)36-33(42)45-29)19-3-1-2-4-22(19)43-14-23(39)35-16-7-11-18(38)12-8-16/h1-12,20-21,24-28,38H,13-14H2,(H,35,39)(H,36,42)/t20-,21-,24-,25?,26?,27?,28?/m1/s1. The molecule has 1 saturated heterocycles. The molecular formula is C33H26ClN3O6S2. The Labute approximate surface area is 270 Å². The Hall–Kier alpha value is -4.06. The molecular weight excluding hydrogens is 634 g/mol. The topological polar surface area (TPSA) is 129 Å². The number of carbonyl (C=O) groups excluding carboxylic acids is 3. The number of benzene rings is 3. The number of aromatic hydroxyl groups is 1. The van der Waals surface area contributed by atoms with Gasteiger partial charge >= 0.3 is 4.87 Å². The Kier molecular flexibility index (Phi) is 6.81. The number of anilines is 2. The van der Waals surface area contributed by atoms with Gasteiger partial charge in [0.25, 0.3) is 5.91 Å². The third-order valence-corrected chi connectivity index (χ3v) is 12.4. The summed E-state index contributed by atoms with van der Waals surface area (Å²) >= 11 is 8.87. The van der Waals surface area contributed by atoms with E-state index in [0.717, 1.165) is 21.9 Å². The Morgan fingerprint density at radius 3 is 2.44 bits per heavy atom. The molecule has 3 aromatic carbocycles. The zero-order valence-corrected chi connectivity index (χ0v) is 25.9. The summed E-state index contributed by atoms with van der Waals surface area (Å²) in [5.41, 5.74) is 1.91. The van der Waals surface area contributed by atoms with Crippen LogP contribution in [0.25, 0.3) is 0 Å². The number of nitrogens with zero attached hydrogens (tertiary/aromatic N) is 1. The van der Waals surface area contributed by atoms with Gasteiger partial charge < -0.3 is 20.1 Å². The third kappa shape index (κ3) is 4.59. The number of aromatic amines is 1. The van der Waals surface area contributed by atoms with Crippen LogP contribution in [0.1, 0.15) is 22.8 Å². The minimum Gasteiger partial charge on any atom is -0.508 e. The van der Waals surface area contributed by atoms with Crippen LogP contribution < -0.4 is 19.8 Å². The van der Waals surface area contributed by atoms with E-state index in [1.165, 1.54) is 28.4 Å². The van der Waals surface area contributed by atoms with E-state index in [2.05, 4.69) is 10.3 Å². The Morgan fingerprint density at radius 2 is 1.69 bits per heavy atom. The smallest absolute Gasteiger partial charge is 0.305 e. The quantitative estimate of drug-likeness (QED) is 0.184. The number of thiazole rings is 1. The van der Waals surface area contributed by atoms with Gasteiger partial charge in [0.2, 0.25) is 11.8 Å². The minimum absolute atomic E-state index is 0.0160. The van der Waals surface area contributed by atoms with Gasteiger partial charge in [-0.1, -0.05) is 41.1 Å². The first-order valence-electron chi connectivity index (χ1n) is 14.6. The number of H-pyrrole nitrogens is 1. The van der Waals surface area contributed by atoms with Crippen LogP contribution in [-0.2, 0) is 14.4 Å². The highest BCUT2D eigenvalue weighted by Crippen LogP contribution is 2.69. The molecule has 3 fully saturated rings. The van der Waals surface area contributed by atoms with Gasteiger partial charge in [0.1, 0.15) is 11.5 Å². The highest BCUT2D eigenvalue weighted by atomic mass is 35.5. The number of para-hydroxylation sites is 1. The van der Waals surface area contributed by atoms with E-state index in [0.29, 0.717) is 22.1 Å². The number of hydrogen-bond acceptors (Lipinski definition) is 8. The van der Waals surface area contributed by atoms with Crippen molar-refractivity contribution in [3.8, 4) is 11.5 Å². The van der Waals surface area contributed by atoms with Crippen molar-refractivity contribution in [2.45, 2.75) is 22.6 Å². The summed E-state index contributed by atoms with van der Waals surface area (Å²) in [5, 5.41) is 13.6. The predicted octanol–water partition coefficient (Wildman–Crippen LogP) is 5.49. The van der Waals surface area contributed by atoms with Gasteiger partial charge in [0.15, 0.2) is 6.61 Å². The van der Waals surface area contributed by atoms with Crippen molar-refractivity contribution in [3.05, 3.63) is 97.9 Å². The zero-order valence-electron chi connectivity index (χ0n) is 23.5. The normalized spacial score (nSPS) is 27.7. The number of imide groups is 1. The molecule has 1 aromatic heterocycles. The monoisotopic (exact) mass is 659 g/mol.